The second kappa shape index (κ2) is 5.78. The Bertz CT molecular complexity index is 434. The lowest BCUT2D eigenvalue weighted by atomic mass is 10.1. The highest BCUT2D eigenvalue weighted by molar-refractivity contribution is 5.76. The van der Waals surface area contributed by atoms with Gasteiger partial charge < -0.3 is 14.8 Å². The number of amides is 1. The molecule has 0 saturated heterocycles. The van der Waals surface area contributed by atoms with E-state index in [2.05, 4.69) is 17.6 Å². The summed E-state index contributed by atoms with van der Waals surface area (Å²) in [6, 6.07) is 2.82. The van der Waals surface area contributed by atoms with E-state index in [0.717, 1.165) is 5.92 Å². The molecule has 1 aromatic heterocycles. The Kier molecular flexibility index (Phi) is 4.30. The molecule has 1 heterocycles. The molecule has 4 heteroatoms. The first-order chi connectivity index (χ1) is 9.02. The van der Waals surface area contributed by atoms with Crippen LogP contribution in [0.1, 0.15) is 38.3 Å². The van der Waals surface area contributed by atoms with Crippen LogP contribution < -0.4 is 5.32 Å². The van der Waals surface area contributed by atoms with E-state index in [-0.39, 0.29) is 11.9 Å². The minimum atomic E-state index is 0.157. The molecule has 0 spiro atoms. The smallest absolute Gasteiger partial charge is 0.242 e. The molecule has 1 saturated carbocycles. The monoisotopic (exact) mass is 263 g/mol. The Morgan fingerprint density at radius 1 is 1.53 bits per heavy atom. The van der Waals surface area contributed by atoms with E-state index >= 15 is 0 Å². The number of hydrogen-bond donors (Lipinski definition) is 1. The highest BCUT2D eigenvalue weighted by Crippen LogP contribution is 2.40. The molecule has 1 aromatic rings. The van der Waals surface area contributed by atoms with Crippen LogP contribution >= 0.6 is 0 Å². The SMILES string of the molecule is CNC(c1ccn(CC(=O)N(C)C(C)C)c1)C1CC1. The summed E-state index contributed by atoms with van der Waals surface area (Å²) in [7, 11) is 3.87. The third-order valence-electron chi connectivity index (χ3n) is 4.02. The zero-order valence-corrected chi connectivity index (χ0v) is 12.4. The maximum atomic E-state index is 12.0. The standard InChI is InChI=1S/C15H25N3O/c1-11(2)17(4)14(19)10-18-8-7-13(9-18)15(16-3)12-5-6-12/h7-9,11-12,15-16H,5-6,10H2,1-4H3. The number of carbonyl (C=O) groups is 1. The molecule has 4 nitrogen and oxygen atoms in total. The predicted molar refractivity (Wildman–Crippen MR) is 76.9 cm³/mol. The molecule has 1 fully saturated rings. The van der Waals surface area contributed by atoms with Gasteiger partial charge in [0.15, 0.2) is 0 Å². The second-order valence-corrected chi connectivity index (χ2v) is 5.82. The van der Waals surface area contributed by atoms with E-state index in [4.69, 9.17) is 0 Å². The summed E-state index contributed by atoms with van der Waals surface area (Å²) < 4.78 is 1.99. The van der Waals surface area contributed by atoms with Crippen molar-refractivity contribution in [3.8, 4) is 0 Å². The molecular formula is C15H25N3O. The largest absolute Gasteiger partial charge is 0.345 e. The zero-order chi connectivity index (χ0) is 14.0. The lowest BCUT2D eigenvalue weighted by Gasteiger charge is -2.21. The van der Waals surface area contributed by atoms with Gasteiger partial charge in [0.2, 0.25) is 5.91 Å². The molecule has 19 heavy (non-hydrogen) atoms. The highest BCUT2D eigenvalue weighted by atomic mass is 16.2. The van der Waals surface area contributed by atoms with Gasteiger partial charge in [-0.1, -0.05) is 0 Å². The van der Waals surface area contributed by atoms with Gasteiger partial charge in [0.05, 0.1) is 0 Å². The van der Waals surface area contributed by atoms with Gasteiger partial charge >= 0.3 is 0 Å². The molecule has 1 N–H and O–H groups in total. The van der Waals surface area contributed by atoms with E-state index in [1.807, 2.05) is 38.7 Å². The Hall–Kier alpha value is -1.29. The molecule has 1 aliphatic rings. The van der Waals surface area contributed by atoms with Crippen LogP contribution in [0.2, 0.25) is 0 Å². The van der Waals surface area contributed by atoms with E-state index in [1.165, 1.54) is 18.4 Å². The molecule has 106 valence electrons. The second-order valence-electron chi connectivity index (χ2n) is 5.82. The van der Waals surface area contributed by atoms with Crippen molar-refractivity contribution in [3.63, 3.8) is 0 Å². The summed E-state index contributed by atoms with van der Waals surface area (Å²) in [5, 5.41) is 3.38. The maximum absolute atomic E-state index is 12.0. The van der Waals surface area contributed by atoms with Crippen molar-refractivity contribution in [2.24, 2.45) is 5.92 Å². The molecule has 1 aliphatic carbocycles. The third-order valence-corrected chi connectivity index (χ3v) is 4.02. The lowest BCUT2D eigenvalue weighted by molar-refractivity contribution is -0.131. The molecule has 0 radical (unpaired) electrons. The van der Waals surface area contributed by atoms with Crippen molar-refractivity contribution in [3.05, 3.63) is 24.0 Å². The van der Waals surface area contributed by atoms with Gasteiger partial charge in [-0.2, -0.15) is 0 Å². The predicted octanol–water partition coefficient (Wildman–Crippen LogP) is 2.03. The number of rotatable bonds is 6. The fourth-order valence-electron chi connectivity index (χ4n) is 2.40. The number of likely N-dealkylation sites (N-methyl/N-ethyl adjacent to an activating group) is 1. The van der Waals surface area contributed by atoms with Crippen molar-refractivity contribution in [2.75, 3.05) is 14.1 Å². The quantitative estimate of drug-likeness (QED) is 0.852. The van der Waals surface area contributed by atoms with Gasteiger partial charge in [-0.3, -0.25) is 4.79 Å². The van der Waals surface area contributed by atoms with Gasteiger partial charge in [-0.15, -0.1) is 0 Å². The van der Waals surface area contributed by atoms with Crippen molar-refractivity contribution < 1.29 is 4.79 Å². The highest BCUT2D eigenvalue weighted by Gasteiger charge is 2.31. The average Bonchev–Trinajstić information content (AvgIpc) is 3.10. The Morgan fingerprint density at radius 3 is 2.74 bits per heavy atom. The van der Waals surface area contributed by atoms with Gasteiger partial charge in [0, 0.05) is 31.5 Å². The first-order valence-corrected chi connectivity index (χ1v) is 7.11. The normalized spacial score (nSPS) is 16.7. The summed E-state index contributed by atoms with van der Waals surface area (Å²) in [6.45, 7) is 4.49. The van der Waals surface area contributed by atoms with Crippen LogP contribution in [0.25, 0.3) is 0 Å². The molecule has 1 unspecified atom stereocenters. The summed E-state index contributed by atoms with van der Waals surface area (Å²) in [4.78, 5) is 13.8. The van der Waals surface area contributed by atoms with Crippen molar-refractivity contribution >= 4 is 5.91 Å². The minimum Gasteiger partial charge on any atom is -0.345 e. The molecule has 1 amide bonds. The van der Waals surface area contributed by atoms with Gasteiger partial charge in [0.1, 0.15) is 6.54 Å². The summed E-state index contributed by atoms with van der Waals surface area (Å²) in [6.07, 6.45) is 6.73. The van der Waals surface area contributed by atoms with Crippen LogP contribution in [0, 0.1) is 5.92 Å². The van der Waals surface area contributed by atoms with Gasteiger partial charge in [0.25, 0.3) is 0 Å². The Morgan fingerprint density at radius 2 is 2.21 bits per heavy atom. The van der Waals surface area contributed by atoms with Gasteiger partial charge in [-0.25, -0.2) is 0 Å². The van der Waals surface area contributed by atoms with E-state index in [1.54, 1.807) is 4.90 Å². The molecule has 0 aliphatic heterocycles. The summed E-state index contributed by atoms with van der Waals surface area (Å²) in [5.41, 5.74) is 1.30. The minimum absolute atomic E-state index is 0.157. The first kappa shape index (κ1) is 14.1. The van der Waals surface area contributed by atoms with Crippen LogP contribution in [0.3, 0.4) is 0 Å². The first-order valence-electron chi connectivity index (χ1n) is 7.11. The molecule has 2 rings (SSSR count). The van der Waals surface area contributed by atoms with Crippen molar-refractivity contribution in [2.45, 2.75) is 45.3 Å². The van der Waals surface area contributed by atoms with Crippen LogP contribution in [-0.2, 0) is 11.3 Å². The third kappa shape index (κ3) is 3.38. The molecule has 0 bridgehead atoms. The molecular weight excluding hydrogens is 238 g/mol. The summed E-state index contributed by atoms with van der Waals surface area (Å²) in [5.74, 6) is 0.930. The van der Waals surface area contributed by atoms with Crippen LogP contribution in [0.15, 0.2) is 18.5 Å². The van der Waals surface area contributed by atoms with Crippen molar-refractivity contribution in [1.82, 2.24) is 14.8 Å². The summed E-state index contributed by atoms with van der Waals surface area (Å²) >= 11 is 0. The Balaban J connectivity index is 1.99. The van der Waals surface area contributed by atoms with E-state index in [0.29, 0.717) is 12.6 Å². The molecule has 0 aromatic carbocycles. The van der Waals surface area contributed by atoms with Crippen LogP contribution in [-0.4, -0.2) is 35.5 Å². The zero-order valence-electron chi connectivity index (χ0n) is 12.4. The van der Waals surface area contributed by atoms with Crippen LogP contribution in [0.5, 0.6) is 0 Å². The van der Waals surface area contributed by atoms with E-state index < -0.39 is 0 Å². The van der Waals surface area contributed by atoms with Gasteiger partial charge in [-0.05, 0) is 51.3 Å². The maximum Gasteiger partial charge on any atom is 0.242 e. The van der Waals surface area contributed by atoms with Crippen LogP contribution in [0.4, 0.5) is 0 Å². The number of hydrogen-bond acceptors (Lipinski definition) is 2. The topological polar surface area (TPSA) is 37.3 Å². The fraction of sp³-hybridized carbons (Fsp3) is 0.667. The molecule has 1 atom stereocenters. The number of nitrogens with zero attached hydrogens (tertiary/aromatic N) is 2. The Labute approximate surface area is 115 Å². The van der Waals surface area contributed by atoms with E-state index in [9.17, 15) is 4.79 Å². The number of aromatic nitrogens is 1. The fourth-order valence-corrected chi connectivity index (χ4v) is 2.40. The number of carbonyl (C=O) groups excluding carboxylic acids is 1. The van der Waals surface area contributed by atoms with Crippen molar-refractivity contribution in [1.29, 1.82) is 0 Å². The average molecular weight is 263 g/mol. The lowest BCUT2D eigenvalue weighted by Crippen LogP contribution is -2.35. The number of nitrogens with one attached hydrogen (secondary N) is 1.